The van der Waals surface area contributed by atoms with Crippen molar-refractivity contribution in [3.63, 3.8) is 0 Å². The molecule has 0 unspecified atom stereocenters. The molecule has 1 N–H and O–H groups in total. The molecule has 0 saturated heterocycles. The monoisotopic (exact) mass is 168 g/mol. The van der Waals surface area contributed by atoms with E-state index in [0.29, 0.717) is 0 Å². The molecule has 1 heterocycles. The van der Waals surface area contributed by atoms with E-state index in [9.17, 15) is 5.11 Å². The van der Waals surface area contributed by atoms with Crippen molar-refractivity contribution in [3.8, 4) is 0 Å². The zero-order chi connectivity index (χ0) is 7.90. The Balaban J connectivity index is 2.36. The fourth-order valence-electron chi connectivity index (χ4n) is 1.37. The lowest BCUT2D eigenvalue weighted by Crippen LogP contribution is -2.03. The normalized spacial score (nSPS) is 20.2. The van der Waals surface area contributed by atoms with Gasteiger partial charge in [0, 0.05) is 4.88 Å². The molecule has 0 amide bonds. The van der Waals surface area contributed by atoms with Gasteiger partial charge in [-0.05, 0) is 36.3 Å². The molecule has 0 aliphatic heterocycles. The highest BCUT2D eigenvalue weighted by Gasteiger charge is 2.44. The fourth-order valence-corrected chi connectivity index (χ4v) is 2.52. The molecule has 0 atom stereocenters. The van der Waals surface area contributed by atoms with Gasteiger partial charge in [0.1, 0.15) is 0 Å². The highest BCUT2D eigenvalue weighted by Crippen LogP contribution is 2.48. The Hall–Kier alpha value is -0.340. The molecule has 2 heteroatoms. The number of aliphatic hydroxyl groups is 1. The van der Waals surface area contributed by atoms with E-state index in [-0.39, 0.29) is 0 Å². The van der Waals surface area contributed by atoms with Gasteiger partial charge < -0.3 is 5.11 Å². The summed E-state index contributed by atoms with van der Waals surface area (Å²) in [4.78, 5) is 1.21. The van der Waals surface area contributed by atoms with Crippen LogP contribution in [0.2, 0.25) is 0 Å². The van der Waals surface area contributed by atoms with E-state index in [1.807, 2.05) is 0 Å². The summed E-state index contributed by atoms with van der Waals surface area (Å²) in [5, 5.41) is 11.9. The highest BCUT2D eigenvalue weighted by molar-refractivity contribution is 7.10. The Morgan fingerprint density at radius 3 is 2.91 bits per heavy atom. The first-order valence-electron chi connectivity index (χ1n) is 4.05. The summed E-state index contributed by atoms with van der Waals surface area (Å²) in [6.07, 6.45) is 2.96. The predicted octanol–water partition coefficient (Wildman–Crippen LogP) is 2.29. The zero-order valence-corrected chi connectivity index (χ0v) is 7.45. The summed E-state index contributed by atoms with van der Waals surface area (Å²) in [6, 6.07) is 2.12. The van der Waals surface area contributed by atoms with Gasteiger partial charge in [-0.15, -0.1) is 11.3 Å². The summed E-state index contributed by atoms with van der Waals surface area (Å²) < 4.78 is 0. The Morgan fingerprint density at radius 1 is 1.64 bits per heavy atom. The molecule has 0 bridgehead atoms. The molecule has 0 radical (unpaired) electrons. The van der Waals surface area contributed by atoms with Crippen LogP contribution >= 0.6 is 11.3 Å². The molecule has 0 spiro atoms. The second-order valence-electron chi connectivity index (χ2n) is 3.16. The first kappa shape index (κ1) is 7.32. The van der Waals surface area contributed by atoms with Crippen LogP contribution in [-0.2, 0) is 12.0 Å². The molecule has 1 saturated carbocycles. The van der Waals surface area contributed by atoms with Gasteiger partial charge in [-0.25, -0.2) is 0 Å². The number of aryl methyl sites for hydroxylation is 1. The molecule has 0 aromatic carbocycles. The zero-order valence-electron chi connectivity index (χ0n) is 6.63. The summed E-state index contributed by atoms with van der Waals surface area (Å²) in [7, 11) is 0. The Labute approximate surface area is 70.7 Å². The molecule has 1 aromatic rings. The third kappa shape index (κ3) is 1.10. The van der Waals surface area contributed by atoms with Crippen molar-refractivity contribution in [2.24, 2.45) is 0 Å². The lowest BCUT2D eigenvalue weighted by atomic mass is 10.1. The topological polar surface area (TPSA) is 20.2 Å². The van der Waals surface area contributed by atoms with Gasteiger partial charge in [0.25, 0.3) is 0 Å². The third-order valence-electron chi connectivity index (χ3n) is 2.27. The molecule has 11 heavy (non-hydrogen) atoms. The van der Waals surface area contributed by atoms with Crippen molar-refractivity contribution in [1.82, 2.24) is 0 Å². The lowest BCUT2D eigenvalue weighted by molar-refractivity contribution is 0.154. The van der Waals surface area contributed by atoms with Crippen LogP contribution in [0.5, 0.6) is 0 Å². The van der Waals surface area contributed by atoms with Gasteiger partial charge in [-0.2, -0.15) is 0 Å². The molecule has 1 fully saturated rings. The summed E-state index contributed by atoms with van der Waals surface area (Å²) >= 11 is 1.69. The van der Waals surface area contributed by atoms with Crippen LogP contribution in [0.25, 0.3) is 0 Å². The van der Waals surface area contributed by atoms with Crippen LogP contribution in [0.4, 0.5) is 0 Å². The molecular formula is C9H12OS. The number of hydrogen-bond acceptors (Lipinski definition) is 2. The molecular weight excluding hydrogens is 156 g/mol. The maximum Gasteiger partial charge on any atom is 0.0993 e. The van der Waals surface area contributed by atoms with Crippen molar-refractivity contribution < 1.29 is 5.11 Å². The summed E-state index contributed by atoms with van der Waals surface area (Å²) in [5.41, 5.74) is 0.912. The molecule has 1 nitrogen and oxygen atoms in total. The van der Waals surface area contributed by atoms with E-state index in [2.05, 4.69) is 18.4 Å². The Bertz CT molecular complexity index is 260. The van der Waals surface area contributed by atoms with Gasteiger partial charge in [-0.3, -0.25) is 0 Å². The van der Waals surface area contributed by atoms with Gasteiger partial charge in [0.2, 0.25) is 0 Å². The van der Waals surface area contributed by atoms with Crippen LogP contribution in [0.1, 0.15) is 30.2 Å². The Morgan fingerprint density at radius 2 is 2.36 bits per heavy atom. The second kappa shape index (κ2) is 2.32. The van der Waals surface area contributed by atoms with Gasteiger partial charge >= 0.3 is 0 Å². The standard InChI is InChI=1S/C9H12OS/c1-2-7-3-6-11-8(7)9(10)4-5-9/h3,6,10H,2,4-5H2,1H3. The molecule has 1 aliphatic carbocycles. The highest BCUT2D eigenvalue weighted by atomic mass is 32.1. The maximum atomic E-state index is 9.81. The van der Waals surface area contributed by atoms with E-state index >= 15 is 0 Å². The van der Waals surface area contributed by atoms with Crippen LogP contribution in [0.3, 0.4) is 0 Å². The molecule has 1 aromatic heterocycles. The van der Waals surface area contributed by atoms with Crippen LogP contribution in [0.15, 0.2) is 11.4 Å². The minimum absolute atomic E-state index is 0.417. The van der Waals surface area contributed by atoms with E-state index < -0.39 is 5.60 Å². The minimum Gasteiger partial charge on any atom is -0.384 e. The van der Waals surface area contributed by atoms with E-state index in [4.69, 9.17) is 0 Å². The summed E-state index contributed by atoms with van der Waals surface area (Å²) in [6.45, 7) is 2.14. The van der Waals surface area contributed by atoms with E-state index in [1.54, 1.807) is 11.3 Å². The quantitative estimate of drug-likeness (QED) is 0.718. The third-order valence-corrected chi connectivity index (χ3v) is 3.42. The van der Waals surface area contributed by atoms with Crippen molar-refractivity contribution in [2.45, 2.75) is 31.8 Å². The fraction of sp³-hybridized carbons (Fsp3) is 0.556. The predicted molar refractivity (Wildman–Crippen MR) is 46.8 cm³/mol. The largest absolute Gasteiger partial charge is 0.384 e. The van der Waals surface area contributed by atoms with Crippen molar-refractivity contribution in [2.75, 3.05) is 0 Å². The van der Waals surface area contributed by atoms with Gasteiger partial charge in [0.15, 0.2) is 0 Å². The number of thiophene rings is 1. The van der Waals surface area contributed by atoms with Crippen molar-refractivity contribution in [1.29, 1.82) is 0 Å². The van der Waals surface area contributed by atoms with E-state index in [0.717, 1.165) is 19.3 Å². The molecule has 2 rings (SSSR count). The average Bonchev–Trinajstić information content (AvgIpc) is 2.61. The van der Waals surface area contributed by atoms with Crippen molar-refractivity contribution in [3.05, 3.63) is 21.9 Å². The SMILES string of the molecule is CCc1ccsc1C1(O)CC1. The van der Waals surface area contributed by atoms with Crippen LogP contribution < -0.4 is 0 Å². The lowest BCUT2D eigenvalue weighted by Gasteiger charge is -2.06. The number of hydrogen-bond donors (Lipinski definition) is 1. The smallest absolute Gasteiger partial charge is 0.0993 e. The maximum absolute atomic E-state index is 9.81. The van der Waals surface area contributed by atoms with Crippen LogP contribution in [0, 0.1) is 0 Å². The van der Waals surface area contributed by atoms with Gasteiger partial charge in [0.05, 0.1) is 5.60 Å². The second-order valence-corrected chi connectivity index (χ2v) is 4.08. The number of rotatable bonds is 2. The molecule has 60 valence electrons. The van der Waals surface area contributed by atoms with Gasteiger partial charge in [-0.1, -0.05) is 6.92 Å². The van der Waals surface area contributed by atoms with E-state index in [1.165, 1.54) is 10.4 Å². The van der Waals surface area contributed by atoms with Crippen molar-refractivity contribution >= 4 is 11.3 Å². The van der Waals surface area contributed by atoms with Crippen LogP contribution in [-0.4, -0.2) is 5.11 Å². The Kier molecular flexibility index (Phi) is 1.55. The minimum atomic E-state index is -0.417. The molecule has 1 aliphatic rings. The summed E-state index contributed by atoms with van der Waals surface area (Å²) in [5.74, 6) is 0. The first-order valence-corrected chi connectivity index (χ1v) is 4.93. The average molecular weight is 168 g/mol. The first-order chi connectivity index (χ1) is 5.26.